The van der Waals surface area contributed by atoms with Gasteiger partial charge in [-0.15, -0.1) is 24.0 Å². The Labute approximate surface area is 182 Å². The van der Waals surface area contributed by atoms with Gasteiger partial charge in [0.2, 0.25) is 12.4 Å². The molecule has 0 amide bonds. The van der Waals surface area contributed by atoms with E-state index in [0.717, 1.165) is 39.5 Å². The van der Waals surface area contributed by atoms with Gasteiger partial charge in [0.05, 0.1) is 0 Å². The summed E-state index contributed by atoms with van der Waals surface area (Å²) in [5.41, 5.74) is 5.32. The van der Waals surface area contributed by atoms with Crippen LogP contribution in [0.25, 0.3) is 0 Å². The van der Waals surface area contributed by atoms with Gasteiger partial charge in [-0.3, -0.25) is 24.6 Å². The van der Waals surface area contributed by atoms with Crippen molar-refractivity contribution in [3.05, 3.63) is 0 Å². The SMILES string of the molecule is CC(=O)OC1OC(CSC(=N)N)C(OC(C)=O)C(OC(C)=O)C1OC(C)=O.I. The number of esters is 4. The number of hydrogen-bond donors (Lipinski definition) is 2. The zero-order valence-electron chi connectivity index (χ0n) is 15.7. The molecule has 1 fully saturated rings. The average Bonchev–Trinajstić information content (AvgIpc) is 2.49. The summed E-state index contributed by atoms with van der Waals surface area (Å²) in [6.45, 7) is 4.48. The van der Waals surface area contributed by atoms with Crippen LogP contribution >= 0.6 is 35.7 Å². The molecule has 3 N–H and O–H groups in total. The number of halogens is 1. The highest BCUT2D eigenvalue weighted by Crippen LogP contribution is 2.31. The Hall–Kier alpha value is -1.61. The lowest BCUT2D eigenvalue weighted by Gasteiger charge is -2.43. The summed E-state index contributed by atoms with van der Waals surface area (Å²) in [5.74, 6) is -2.91. The first-order valence-corrected chi connectivity index (χ1v) is 8.81. The molecule has 5 atom stereocenters. The van der Waals surface area contributed by atoms with E-state index in [-0.39, 0.29) is 34.9 Å². The van der Waals surface area contributed by atoms with Crippen LogP contribution in [-0.4, -0.2) is 65.5 Å². The maximum absolute atomic E-state index is 11.6. The van der Waals surface area contributed by atoms with Gasteiger partial charge < -0.3 is 29.4 Å². The molecular formula is C15H23IN2O9S. The predicted molar refractivity (Wildman–Crippen MR) is 107 cm³/mol. The van der Waals surface area contributed by atoms with Crippen molar-refractivity contribution in [3.8, 4) is 0 Å². The van der Waals surface area contributed by atoms with E-state index in [4.69, 9.17) is 34.8 Å². The summed E-state index contributed by atoms with van der Waals surface area (Å²) < 4.78 is 26.2. The Morgan fingerprint density at radius 2 is 1.29 bits per heavy atom. The Kier molecular flexibility index (Phi) is 11.4. The fourth-order valence-corrected chi connectivity index (χ4v) is 3.03. The molecule has 0 saturated carbocycles. The first kappa shape index (κ1) is 26.4. The van der Waals surface area contributed by atoms with E-state index in [0.29, 0.717) is 0 Å². The second-order valence-corrected chi connectivity index (χ2v) is 6.61. The average molecular weight is 534 g/mol. The van der Waals surface area contributed by atoms with Crippen LogP contribution < -0.4 is 5.73 Å². The number of thioether (sulfide) groups is 1. The van der Waals surface area contributed by atoms with Crippen molar-refractivity contribution >= 4 is 64.8 Å². The number of ether oxygens (including phenoxy) is 5. The van der Waals surface area contributed by atoms with E-state index in [1.165, 1.54) is 0 Å². The number of rotatable bonds is 6. The summed E-state index contributed by atoms with van der Waals surface area (Å²) in [6.07, 6.45) is -6.23. The molecule has 1 aliphatic heterocycles. The van der Waals surface area contributed by atoms with Gasteiger partial charge in [0.25, 0.3) is 0 Å². The number of carbonyl (C=O) groups is 4. The molecule has 1 saturated heterocycles. The monoisotopic (exact) mass is 534 g/mol. The number of carbonyl (C=O) groups excluding carboxylic acids is 4. The summed E-state index contributed by atoms with van der Waals surface area (Å²) in [6, 6.07) is 0. The van der Waals surface area contributed by atoms with E-state index in [2.05, 4.69) is 0 Å². The first-order chi connectivity index (χ1) is 12.5. The molecule has 0 bridgehead atoms. The van der Waals surface area contributed by atoms with E-state index < -0.39 is 54.6 Å². The van der Waals surface area contributed by atoms with Crippen LogP contribution in [0.3, 0.4) is 0 Å². The molecule has 0 aliphatic carbocycles. The molecule has 11 nitrogen and oxygen atoms in total. The zero-order valence-corrected chi connectivity index (χ0v) is 18.8. The minimum absolute atomic E-state index is 0. The molecule has 0 aromatic rings. The molecule has 0 aromatic heterocycles. The molecule has 0 radical (unpaired) electrons. The molecule has 1 heterocycles. The fourth-order valence-electron chi connectivity index (χ4n) is 2.42. The Morgan fingerprint density at radius 1 is 0.857 bits per heavy atom. The zero-order chi connectivity index (χ0) is 20.7. The van der Waals surface area contributed by atoms with E-state index in [1.807, 2.05) is 0 Å². The highest BCUT2D eigenvalue weighted by atomic mass is 127. The van der Waals surface area contributed by atoms with Crippen LogP contribution in [0, 0.1) is 5.41 Å². The van der Waals surface area contributed by atoms with Crippen LogP contribution in [0.15, 0.2) is 0 Å². The number of nitrogens with one attached hydrogen (secondary N) is 1. The highest BCUT2D eigenvalue weighted by Gasteiger charge is 2.53. The van der Waals surface area contributed by atoms with E-state index in [1.54, 1.807) is 0 Å². The molecule has 160 valence electrons. The first-order valence-electron chi connectivity index (χ1n) is 7.82. The third-order valence-corrected chi connectivity index (χ3v) is 3.99. The van der Waals surface area contributed by atoms with Gasteiger partial charge in [0.15, 0.2) is 17.4 Å². The Morgan fingerprint density at radius 3 is 1.71 bits per heavy atom. The summed E-state index contributed by atoms with van der Waals surface area (Å²) in [4.78, 5) is 46.0. The molecular weight excluding hydrogens is 511 g/mol. The molecule has 5 unspecified atom stereocenters. The summed E-state index contributed by atoms with van der Waals surface area (Å²) in [7, 11) is 0. The lowest BCUT2D eigenvalue weighted by molar-refractivity contribution is -0.291. The third kappa shape index (κ3) is 8.60. The summed E-state index contributed by atoms with van der Waals surface area (Å²) >= 11 is 0.882. The molecule has 1 rings (SSSR count). The van der Waals surface area contributed by atoms with Gasteiger partial charge in [0, 0.05) is 33.4 Å². The molecule has 0 aromatic carbocycles. The highest BCUT2D eigenvalue weighted by molar-refractivity contribution is 14.0. The molecule has 13 heteroatoms. The van der Waals surface area contributed by atoms with Crippen LogP contribution in [-0.2, 0) is 42.9 Å². The van der Waals surface area contributed by atoms with Crippen molar-refractivity contribution in [1.29, 1.82) is 5.41 Å². The topological polar surface area (TPSA) is 164 Å². The second-order valence-electron chi connectivity index (χ2n) is 5.55. The largest absolute Gasteiger partial charge is 0.456 e. The molecule has 0 spiro atoms. The number of hydrogen-bond acceptors (Lipinski definition) is 11. The minimum atomic E-state index is -1.42. The van der Waals surface area contributed by atoms with Gasteiger partial charge >= 0.3 is 23.9 Å². The minimum Gasteiger partial charge on any atom is -0.456 e. The standard InChI is InChI=1S/C15H22N2O9S.HI/c1-6(18)22-11-10(5-27-15(16)17)26-14(25-9(4)21)13(24-8(3)20)12(11)23-7(2)19;/h10-14H,5H2,1-4H3,(H3,16,17);1H. The molecule has 1 aliphatic rings. The predicted octanol–water partition coefficient (Wildman–Crippen LogP) is 0.314. The maximum Gasteiger partial charge on any atom is 0.305 e. The maximum atomic E-state index is 11.6. The van der Waals surface area contributed by atoms with Crippen LogP contribution in [0.4, 0.5) is 0 Å². The lowest BCUT2D eigenvalue weighted by atomic mass is 9.98. The van der Waals surface area contributed by atoms with Crippen molar-refractivity contribution in [1.82, 2.24) is 0 Å². The van der Waals surface area contributed by atoms with Crippen LogP contribution in [0.1, 0.15) is 27.7 Å². The van der Waals surface area contributed by atoms with Crippen molar-refractivity contribution in [3.63, 3.8) is 0 Å². The fraction of sp³-hybridized carbons (Fsp3) is 0.667. The van der Waals surface area contributed by atoms with Gasteiger partial charge in [-0.1, -0.05) is 11.8 Å². The van der Waals surface area contributed by atoms with Crippen LogP contribution in [0.2, 0.25) is 0 Å². The van der Waals surface area contributed by atoms with Crippen molar-refractivity contribution in [2.45, 2.75) is 58.4 Å². The lowest BCUT2D eigenvalue weighted by Crippen LogP contribution is -2.62. The van der Waals surface area contributed by atoms with Gasteiger partial charge in [-0.2, -0.15) is 0 Å². The Bertz CT molecular complexity index is 618. The van der Waals surface area contributed by atoms with Crippen molar-refractivity contribution in [2.24, 2.45) is 5.73 Å². The van der Waals surface area contributed by atoms with Gasteiger partial charge in [0.1, 0.15) is 6.10 Å². The van der Waals surface area contributed by atoms with Crippen molar-refractivity contribution < 1.29 is 42.9 Å². The van der Waals surface area contributed by atoms with E-state index >= 15 is 0 Å². The molecule has 28 heavy (non-hydrogen) atoms. The number of amidine groups is 1. The number of nitrogens with two attached hydrogens (primary N) is 1. The van der Waals surface area contributed by atoms with Gasteiger partial charge in [-0.25, -0.2) is 0 Å². The normalized spacial score (nSPS) is 26.2. The van der Waals surface area contributed by atoms with Crippen LogP contribution in [0.5, 0.6) is 0 Å². The summed E-state index contributed by atoms with van der Waals surface area (Å²) in [5, 5.41) is 7.09. The quantitative estimate of drug-likeness (QED) is 0.159. The van der Waals surface area contributed by atoms with E-state index in [9.17, 15) is 19.2 Å². The van der Waals surface area contributed by atoms with Crippen molar-refractivity contribution in [2.75, 3.05) is 5.75 Å². The van der Waals surface area contributed by atoms with Gasteiger partial charge in [-0.05, 0) is 0 Å². The second kappa shape index (κ2) is 12.1. The Balaban J connectivity index is 0.00000729. The smallest absolute Gasteiger partial charge is 0.305 e. The third-order valence-electron chi connectivity index (χ3n) is 3.18.